The molecule has 2 aromatic rings. The molecule has 0 atom stereocenters. The molecule has 1 heterocycles. The molecule has 0 saturated carbocycles. The number of fused-ring (bicyclic) bond motifs is 3. The van der Waals surface area contributed by atoms with Crippen molar-refractivity contribution in [2.45, 2.75) is 0 Å². The molecule has 1 aliphatic heterocycles. The second-order valence-electron chi connectivity index (χ2n) is 3.47. The summed E-state index contributed by atoms with van der Waals surface area (Å²) in [5.74, 6) is 0. The summed E-state index contributed by atoms with van der Waals surface area (Å²) in [6, 6.07) is 13.4. The molecule has 15 heavy (non-hydrogen) atoms. The molecule has 0 unspecified atom stereocenters. The SMILES string of the molecule is O=[N+]1c2ccccc2-c2ccc(Br)cc21. The highest BCUT2D eigenvalue weighted by molar-refractivity contribution is 9.10. The summed E-state index contributed by atoms with van der Waals surface area (Å²) >= 11 is 3.37. The molecule has 0 amide bonds. The molecule has 0 spiro atoms. The Bertz CT molecular complexity index is 578. The third kappa shape index (κ3) is 1.16. The lowest BCUT2D eigenvalue weighted by molar-refractivity contribution is 1.09. The first-order valence-electron chi connectivity index (χ1n) is 4.63. The van der Waals surface area contributed by atoms with Crippen molar-refractivity contribution < 1.29 is 0 Å². The molecule has 0 aromatic heterocycles. The van der Waals surface area contributed by atoms with Crippen LogP contribution < -0.4 is 4.76 Å². The predicted octanol–water partition coefficient (Wildman–Crippen LogP) is 4.03. The maximum Gasteiger partial charge on any atom is 0.272 e. The fourth-order valence-corrected chi connectivity index (χ4v) is 2.26. The van der Waals surface area contributed by atoms with Crippen LogP contribution in [-0.4, -0.2) is 0 Å². The Hall–Kier alpha value is -1.48. The van der Waals surface area contributed by atoms with Crippen molar-refractivity contribution in [2.75, 3.05) is 0 Å². The maximum absolute atomic E-state index is 11.9. The van der Waals surface area contributed by atoms with Crippen LogP contribution in [0.1, 0.15) is 0 Å². The number of nitroso groups, excluding NO2 is 1. The van der Waals surface area contributed by atoms with E-state index >= 15 is 0 Å². The van der Waals surface area contributed by atoms with Crippen LogP contribution in [-0.2, 0) is 0 Å². The average molecular weight is 261 g/mol. The molecule has 2 aromatic carbocycles. The van der Waals surface area contributed by atoms with Crippen molar-refractivity contribution >= 4 is 27.3 Å². The Morgan fingerprint density at radius 2 is 1.67 bits per heavy atom. The van der Waals surface area contributed by atoms with Gasteiger partial charge in [-0.3, -0.25) is 0 Å². The molecule has 0 bridgehead atoms. The number of hydrogen-bond acceptors (Lipinski definition) is 1. The van der Waals surface area contributed by atoms with Crippen LogP contribution in [0.3, 0.4) is 0 Å². The second-order valence-corrected chi connectivity index (χ2v) is 4.39. The molecule has 0 N–H and O–H groups in total. The molecule has 0 fully saturated rings. The summed E-state index contributed by atoms with van der Waals surface area (Å²) in [5, 5.41) is 0. The van der Waals surface area contributed by atoms with Crippen LogP contribution in [0.4, 0.5) is 11.4 Å². The minimum absolute atomic E-state index is 0.713. The van der Waals surface area contributed by atoms with Gasteiger partial charge in [0.2, 0.25) is 0 Å². The molecule has 3 heteroatoms. The highest BCUT2D eigenvalue weighted by atomic mass is 79.9. The van der Waals surface area contributed by atoms with Gasteiger partial charge in [0.15, 0.2) is 0 Å². The molecule has 0 radical (unpaired) electrons. The zero-order valence-electron chi connectivity index (χ0n) is 7.77. The zero-order valence-corrected chi connectivity index (χ0v) is 9.36. The largest absolute Gasteiger partial charge is 0.272 e. The number of para-hydroxylation sites is 1. The lowest BCUT2D eigenvalue weighted by atomic mass is 10.1. The third-order valence-electron chi connectivity index (χ3n) is 2.59. The van der Waals surface area contributed by atoms with E-state index in [4.69, 9.17) is 0 Å². The van der Waals surface area contributed by atoms with Crippen LogP contribution in [0.15, 0.2) is 46.9 Å². The van der Waals surface area contributed by atoms with E-state index in [2.05, 4.69) is 15.9 Å². The topological polar surface area (TPSA) is 20.1 Å². The molecule has 1 aliphatic rings. The quantitative estimate of drug-likeness (QED) is 0.559. The number of halogens is 1. The molecule has 3 rings (SSSR count). The van der Waals surface area contributed by atoms with Crippen LogP contribution in [0.2, 0.25) is 0 Å². The van der Waals surface area contributed by atoms with E-state index in [0.717, 1.165) is 26.0 Å². The van der Waals surface area contributed by atoms with Crippen molar-refractivity contribution in [1.82, 2.24) is 4.76 Å². The molecule has 0 saturated heterocycles. The highest BCUT2D eigenvalue weighted by Crippen LogP contribution is 2.44. The average Bonchev–Trinajstić information content (AvgIpc) is 2.54. The minimum Gasteiger partial charge on any atom is -0.0611 e. The number of nitrogens with zero attached hydrogens (tertiary/aromatic N) is 1. The van der Waals surface area contributed by atoms with Gasteiger partial charge in [-0.1, -0.05) is 28.1 Å². The Morgan fingerprint density at radius 3 is 2.53 bits per heavy atom. The van der Waals surface area contributed by atoms with E-state index in [-0.39, 0.29) is 0 Å². The van der Waals surface area contributed by atoms with Crippen molar-refractivity contribution in [3.8, 4) is 11.1 Å². The van der Waals surface area contributed by atoms with Crippen molar-refractivity contribution in [3.63, 3.8) is 0 Å². The lowest BCUT2D eigenvalue weighted by Crippen LogP contribution is -1.91. The normalized spacial score (nSPS) is 12.5. The molecular weight excluding hydrogens is 254 g/mol. The number of benzene rings is 2. The van der Waals surface area contributed by atoms with E-state index < -0.39 is 0 Å². The molecule has 2 nitrogen and oxygen atoms in total. The standard InChI is InChI=1S/C12H7BrNO/c13-8-5-6-10-9-3-1-2-4-11(9)14(15)12(10)7-8/h1-7H/q+1. The summed E-state index contributed by atoms with van der Waals surface area (Å²) in [6.07, 6.45) is 0. The second kappa shape index (κ2) is 3.00. The lowest BCUT2D eigenvalue weighted by Gasteiger charge is -1.91. The van der Waals surface area contributed by atoms with Crippen molar-refractivity contribution in [2.24, 2.45) is 0 Å². The monoisotopic (exact) mass is 260 g/mol. The van der Waals surface area contributed by atoms with Crippen molar-refractivity contribution in [1.29, 1.82) is 0 Å². The van der Waals surface area contributed by atoms with Gasteiger partial charge >= 0.3 is 0 Å². The van der Waals surface area contributed by atoms with Gasteiger partial charge in [0.25, 0.3) is 11.4 Å². The van der Waals surface area contributed by atoms with E-state index in [9.17, 15) is 4.91 Å². The Labute approximate surface area is 95.3 Å². The Balaban J connectivity index is 2.38. The van der Waals surface area contributed by atoms with Crippen LogP contribution in [0, 0.1) is 4.91 Å². The third-order valence-corrected chi connectivity index (χ3v) is 3.08. The Kier molecular flexibility index (Phi) is 1.76. The molecular formula is C12H7BrNO+. The summed E-state index contributed by atoms with van der Waals surface area (Å²) in [6.45, 7) is 0. The van der Waals surface area contributed by atoms with Crippen molar-refractivity contribution in [3.05, 3.63) is 51.8 Å². The summed E-state index contributed by atoms with van der Waals surface area (Å²) < 4.78 is 1.91. The van der Waals surface area contributed by atoms with E-state index in [0.29, 0.717) is 5.69 Å². The van der Waals surface area contributed by atoms with Gasteiger partial charge in [-0.2, -0.15) is 0 Å². The summed E-state index contributed by atoms with van der Waals surface area (Å²) in [7, 11) is 0. The highest BCUT2D eigenvalue weighted by Gasteiger charge is 2.34. The number of hydrogen-bond donors (Lipinski definition) is 0. The van der Waals surface area contributed by atoms with Gasteiger partial charge in [-0.15, -0.1) is 0 Å². The smallest absolute Gasteiger partial charge is 0.0611 e. The maximum atomic E-state index is 11.9. The van der Waals surface area contributed by atoms with Gasteiger partial charge in [0.05, 0.1) is 15.9 Å². The van der Waals surface area contributed by atoms with E-state index in [1.54, 1.807) is 0 Å². The minimum atomic E-state index is 0.713. The van der Waals surface area contributed by atoms with Crippen LogP contribution in [0.5, 0.6) is 0 Å². The van der Waals surface area contributed by atoms with E-state index in [1.807, 2.05) is 42.5 Å². The van der Waals surface area contributed by atoms with E-state index in [1.165, 1.54) is 0 Å². The van der Waals surface area contributed by atoms with Gasteiger partial charge in [-0.25, -0.2) is 0 Å². The van der Waals surface area contributed by atoms with Gasteiger partial charge < -0.3 is 0 Å². The summed E-state index contributed by atoms with van der Waals surface area (Å²) in [5.41, 5.74) is 3.45. The first kappa shape index (κ1) is 8.80. The summed E-state index contributed by atoms with van der Waals surface area (Å²) in [4.78, 5) is 11.9. The zero-order chi connectivity index (χ0) is 10.4. The first-order chi connectivity index (χ1) is 7.27. The van der Waals surface area contributed by atoms with Crippen LogP contribution in [0.25, 0.3) is 11.1 Å². The molecule has 0 aliphatic carbocycles. The first-order valence-corrected chi connectivity index (χ1v) is 5.43. The number of rotatable bonds is 0. The van der Waals surface area contributed by atoms with Gasteiger partial charge in [0, 0.05) is 21.5 Å². The fraction of sp³-hybridized carbons (Fsp3) is 0. The fourth-order valence-electron chi connectivity index (χ4n) is 1.91. The van der Waals surface area contributed by atoms with Gasteiger partial charge in [-0.05, 0) is 18.2 Å². The molecule has 72 valence electrons. The van der Waals surface area contributed by atoms with Crippen LogP contribution >= 0.6 is 15.9 Å². The Morgan fingerprint density at radius 1 is 0.933 bits per heavy atom. The van der Waals surface area contributed by atoms with Gasteiger partial charge in [0.1, 0.15) is 0 Å². The predicted molar refractivity (Wildman–Crippen MR) is 64.4 cm³/mol.